The van der Waals surface area contributed by atoms with Crippen molar-refractivity contribution < 1.29 is 19.1 Å². The van der Waals surface area contributed by atoms with Crippen LogP contribution in [-0.4, -0.2) is 47.5 Å². The van der Waals surface area contributed by atoms with Crippen molar-refractivity contribution in [2.75, 3.05) is 18.4 Å². The number of benzene rings is 1. The summed E-state index contributed by atoms with van der Waals surface area (Å²) in [7, 11) is 0. The third-order valence-corrected chi connectivity index (χ3v) is 4.19. The third kappa shape index (κ3) is 6.27. The Morgan fingerprint density at radius 3 is 2.33 bits per heavy atom. The van der Waals surface area contributed by atoms with Gasteiger partial charge in [-0.25, -0.2) is 4.79 Å². The second-order valence-corrected chi connectivity index (χ2v) is 7.76. The van der Waals surface area contributed by atoms with Crippen LogP contribution in [-0.2, 0) is 9.53 Å². The average molecular weight is 375 g/mol. The van der Waals surface area contributed by atoms with Gasteiger partial charge in [0, 0.05) is 13.1 Å². The number of carbonyl (C=O) groups excluding carboxylic acids is 3. The van der Waals surface area contributed by atoms with Crippen LogP contribution in [0.3, 0.4) is 0 Å². The van der Waals surface area contributed by atoms with Crippen molar-refractivity contribution >= 4 is 23.6 Å². The topological polar surface area (TPSA) is 87.7 Å². The van der Waals surface area contributed by atoms with Gasteiger partial charge in [0.15, 0.2) is 0 Å². The number of amides is 3. The Morgan fingerprint density at radius 1 is 1.07 bits per heavy atom. The molecule has 27 heavy (non-hydrogen) atoms. The van der Waals surface area contributed by atoms with Gasteiger partial charge in [-0.2, -0.15) is 0 Å². The number of carbonyl (C=O) groups is 3. The zero-order valence-electron chi connectivity index (χ0n) is 16.5. The summed E-state index contributed by atoms with van der Waals surface area (Å²) >= 11 is 0. The van der Waals surface area contributed by atoms with Crippen LogP contribution in [0, 0.1) is 0 Å². The van der Waals surface area contributed by atoms with E-state index in [2.05, 4.69) is 10.6 Å². The molecule has 148 valence electrons. The molecule has 1 heterocycles. The fourth-order valence-electron chi connectivity index (χ4n) is 2.84. The van der Waals surface area contributed by atoms with Gasteiger partial charge < -0.3 is 20.3 Å². The first-order valence-electron chi connectivity index (χ1n) is 9.36. The number of anilines is 1. The number of piperidine rings is 1. The lowest BCUT2D eigenvalue weighted by molar-refractivity contribution is -0.117. The zero-order chi connectivity index (χ0) is 20.0. The molecule has 7 nitrogen and oxygen atoms in total. The molecule has 0 unspecified atom stereocenters. The molecule has 1 saturated heterocycles. The van der Waals surface area contributed by atoms with E-state index in [1.54, 1.807) is 52.0 Å². The number of ether oxygens (including phenoxy) is 1. The van der Waals surface area contributed by atoms with Gasteiger partial charge in [-0.1, -0.05) is 12.1 Å². The van der Waals surface area contributed by atoms with Crippen LogP contribution in [0.1, 0.15) is 57.3 Å². The van der Waals surface area contributed by atoms with Gasteiger partial charge in [0.2, 0.25) is 5.91 Å². The molecule has 2 N–H and O–H groups in total. The van der Waals surface area contributed by atoms with Crippen molar-refractivity contribution in [1.29, 1.82) is 0 Å². The second-order valence-electron chi connectivity index (χ2n) is 7.76. The number of rotatable bonds is 4. The molecular weight excluding hydrogens is 346 g/mol. The SMILES string of the molecule is C[C@@H](NC(=O)OC(C)(C)C)C(=O)Nc1ccccc1C(=O)N1CCCCC1. The average Bonchev–Trinajstić information content (AvgIpc) is 2.60. The minimum atomic E-state index is -0.807. The molecule has 0 bridgehead atoms. The third-order valence-electron chi connectivity index (χ3n) is 4.19. The van der Waals surface area contributed by atoms with Crippen molar-refractivity contribution in [2.24, 2.45) is 0 Å². The quantitative estimate of drug-likeness (QED) is 0.846. The second kappa shape index (κ2) is 8.88. The molecule has 1 aromatic rings. The number of nitrogens with one attached hydrogen (secondary N) is 2. The van der Waals surface area contributed by atoms with Crippen LogP contribution in [0.15, 0.2) is 24.3 Å². The van der Waals surface area contributed by atoms with E-state index in [1.165, 1.54) is 0 Å². The summed E-state index contributed by atoms with van der Waals surface area (Å²) in [6, 6.07) is 6.12. The zero-order valence-corrected chi connectivity index (χ0v) is 16.5. The largest absolute Gasteiger partial charge is 0.444 e. The van der Waals surface area contributed by atoms with E-state index in [-0.39, 0.29) is 5.91 Å². The molecule has 1 atom stereocenters. The molecule has 0 spiro atoms. The van der Waals surface area contributed by atoms with E-state index in [0.717, 1.165) is 32.4 Å². The molecule has 0 radical (unpaired) electrons. The van der Waals surface area contributed by atoms with Crippen LogP contribution in [0.4, 0.5) is 10.5 Å². The van der Waals surface area contributed by atoms with Crippen molar-refractivity contribution in [2.45, 2.75) is 58.6 Å². The minimum absolute atomic E-state index is 0.0849. The molecule has 0 aliphatic carbocycles. The van der Waals surface area contributed by atoms with Crippen LogP contribution >= 0.6 is 0 Å². The summed E-state index contributed by atoms with van der Waals surface area (Å²) in [6.07, 6.45) is 2.47. The lowest BCUT2D eigenvalue weighted by Gasteiger charge is -2.27. The minimum Gasteiger partial charge on any atom is -0.444 e. The summed E-state index contributed by atoms with van der Waals surface area (Å²) in [6.45, 7) is 8.28. The number of nitrogens with zero attached hydrogens (tertiary/aromatic N) is 1. The lowest BCUT2D eigenvalue weighted by Crippen LogP contribution is -2.44. The van der Waals surface area contributed by atoms with E-state index in [4.69, 9.17) is 4.74 Å². The summed E-state index contributed by atoms with van der Waals surface area (Å²) in [5, 5.41) is 5.24. The first-order valence-corrected chi connectivity index (χ1v) is 9.36. The molecule has 2 rings (SSSR count). The number of hydrogen-bond donors (Lipinski definition) is 2. The predicted molar refractivity (Wildman–Crippen MR) is 104 cm³/mol. The maximum atomic E-state index is 12.8. The van der Waals surface area contributed by atoms with Gasteiger partial charge in [-0.05, 0) is 59.1 Å². The van der Waals surface area contributed by atoms with Gasteiger partial charge in [0.05, 0.1) is 11.3 Å². The first-order chi connectivity index (χ1) is 12.7. The van der Waals surface area contributed by atoms with Crippen molar-refractivity contribution in [3.05, 3.63) is 29.8 Å². The molecule has 3 amide bonds. The molecule has 1 aromatic carbocycles. The number of likely N-dealkylation sites (tertiary alicyclic amines) is 1. The Bertz CT molecular complexity index is 691. The predicted octanol–water partition coefficient (Wildman–Crippen LogP) is 3.16. The number of para-hydroxylation sites is 1. The molecule has 1 aliphatic heterocycles. The smallest absolute Gasteiger partial charge is 0.408 e. The van der Waals surface area contributed by atoms with E-state index in [1.807, 2.05) is 4.90 Å². The van der Waals surface area contributed by atoms with Crippen LogP contribution in [0.5, 0.6) is 0 Å². The van der Waals surface area contributed by atoms with E-state index in [0.29, 0.717) is 11.3 Å². The molecule has 7 heteroatoms. The highest BCUT2D eigenvalue weighted by molar-refractivity contribution is 6.05. The van der Waals surface area contributed by atoms with Crippen LogP contribution in [0.2, 0.25) is 0 Å². The summed E-state index contributed by atoms with van der Waals surface area (Å²) in [5.41, 5.74) is 0.251. The fourth-order valence-corrected chi connectivity index (χ4v) is 2.84. The fraction of sp³-hybridized carbons (Fsp3) is 0.550. The van der Waals surface area contributed by atoms with Gasteiger partial charge in [-0.3, -0.25) is 9.59 Å². The normalized spacial score (nSPS) is 15.6. The number of hydrogen-bond acceptors (Lipinski definition) is 4. The first kappa shape index (κ1) is 20.7. The van der Waals surface area contributed by atoms with E-state index in [9.17, 15) is 14.4 Å². The van der Waals surface area contributed by atoms with Gasteiger partial charge in [0.1, 0.15) is 11.6 Å². The molecule has 1 aliphatic rings. The highest BCUT2D eigenvalue weighted by Crippen LogP contribution is 2.20. The Labute approximate surface area is 160 Å². The Balaban J connectivity index is 2.03. The van der Waals surface area contributed by atoms with Crippen molar-refractivity contribution in [1.82, 2.24) is 10.2 Å². The monoisotopic (exact) mass is 375 g/mol. The van der Waals surface area contributed by atoms with E-state index < -0.39 is 23.6 Å². The summed E-state index contributed by atoms with van der Waals surface area (Å²) < 4.78 is 5.16. The number of alkyl carbamates (subject to hydrolysis) is 1. The van der Waals surface area contributed by atoms with Gasteiger partial charge in [0.25, 0.3) is 5.91 Å². The Kier molecular flexibility index (Phi) is 6.82. The molecular formula is C20H29N3O4. The standard InChI is InChI=1S/C20H29N3O4/c1-14(21-19(26)27-20(2,3)4)17(24)22-16-11-7-6-10-15(16)18(25)23-12-8-5-9-13-23/h6-7,10-11,14H,5,8-9,12-13H2,1-4H3,(H,21,26)(H,22,24)/t14-/m1/s1. The molecule has 0 saturated carbocycles. The maximum Gasteiger partial charge on any atom is 0.408 e. The van der Waals surface area contributed by atoms with Crippen LogP contribution in [0.25, 0.3) is 0 Å². The Morgan fingerprint density at radius 2 is 1.70 bits per heavy atom. The van der Waals surface area contributed by atoms with Gasteiger partial charge in [-0.15, -0.1) is 0 Å². The Hall–Kier alpha value is -2.57. The van der Waals surface area contributed by atoms with Crippen molar-refractivity contribution in [3.63, 3.8) is 0 Å². The highest BCUT2D eigenvalue weighted by Gasteiger charge is 2.24. The maximum absolute atomic E-state index is 12.8. The van der Waals surface area contributed by atoms with Crippen molar-refractivity contribution in [3.8, 4) is 0 Å². The molecule has 0 aromatic heterocycles. The molecule has 1 fully saturated rings. The summed E-state index contributed by atoms with van der Waals surface area (Å²) in [5.74, 6) is -0.502. The van der Waals surface area contributed by atoms with Crippen LogP contribution < -0.4 is 10.6 Å². The van der Waals surface area contributed by atoms with Gasteiger partial charge >= 0.3 is 6.09 Å². The highest BCUT2D eigenvalue weighted by atomic mass is 16.6. The van der Waals surface area contributed by atoms with E-state index >= 15 is 0 Å². The summed E-state index contributed by atoms with van der Waals surface area (Å²) in [4.78, 5) is 38.9. The lowest BCUT2D eigenvalue weighted by atomic mass is 10.1.